The molecular weight excluding hydrogens is 338 g/mol. The molecule has 1 saturated heterocycles. The van der Waals surface area contributed by atoms with Crippen molar-refractivity contribution in [2.45, 2.75) is 25.4 Å². The van der Waals surface area contributed by atoms with Gasteiger partial charge in [0, 0.05) is 12.8 Å². The molecule has 3 aromatic carbocycles. The quantitative estimate of drug-likeness (QED) is 0.728. The summed E-state index contributed by atoms with van der Waals surface area (Å²) in [5.74, 6) is 2.14. The van der Waals surface area contributed by atoms with Crippen LogP contribution in [0.5, 0.6) is 17.2 Å². The van der Waals surface area contributed by atoms with Crippen LogP contribution in [-0.4, -0.2) is 25.9 Å². The predicted octanol–water partition coefficient (Wildman–Crippen LogP) is 3.48. The van der Waals surface area contributed by atoms with Crippen LogP contribution in [0.4, 0.5) is 0 Å². The van der Waals surface area contributed by atoms with E-state index in [4.69, 9.17) is 9.47 Å². The lowest BCUT2D eigenvalue weighted by molar-refractivity contribution is -0.931. The molecule has 0 aromatic heterocycles. The summed E-state index contributed by atoms with van der Waals surface area (Å²) in [4.78, 5) is 1.45. The number of phenols is 1. The van der Waals surface area contributed by atoms with Crippen LogP contribution < -0.4 is 14.4 Å². The fourth-order valence-corrected chi connectivity index (χ4v) is 4.35. The van der Waals surface area contributed by atoms with Crippen LogP contribution in [0.2, 0.25) is 0 Å². The minimum atomic E-state index is 0.327. The van der Waals surface area contributed by atoms with Gasteiger partial charge in [-0.25, -0.2) is 0 Å². The van der Waals surface area contributed by atoms with E-state index in [1.807, 2.05) is 36.4 Å². The van der Waals surface area contributed by atoms with E-state index in [2.05, 4.69) is 18.2 Å². The molecule has 0 amide bonds. The van der Waals surface area contributed by atoms with Gasteiger partial charge in [0.25, 0.3) is 0 Å². The third kappa shape index (κ3) is 3.33. The van der Waals surface area contributed by atoms with Crippen LogP contribution in [0, 0.1) is 0 Å². The normalized spacial score (nSPS) is 19.3. The Morgan fingerprint density at radius 1 is 1.04 bits per heavy atom. The Bertz CT molecular complexity index is 954. The van der Waals surface area contributed by atoms with E-state index >= 15 is 0 Å². The fourth-order valence-electron chi connectivity index (χ4n) is 4.35. The van der Waals surface area contributed by atoms with E-state index in [0.717, 1.165) is 48.4 Å². The minimum absolute atomic E-state index is 0.327. The van der Waals surface area contributed by atoms with Crippen LogP contribution in [0.25, 0.3) is 10.8 Å². The van der Waals surface area contributed by atoms with E-state index in [1.165, 1.54) is 15.8 Å². The first kappa shape index (κ1) is 17.7. The summed E-state index contributed by atoms with van der Waals surface area (Å²) in [5.41, 5.74) is 2.21. The molecule has 4 rings (SSSR count). The maximum atomic E-state index is 10.6. The summed E-state index contributed by atoms with van der Waals surface area (Å²) < 4.78 is 11.1. The number of hydrogen-bond acceptors (Lipinski definition) is 3. The van der Waals surface area contributed by atoms with Crippen molar-refractivity contribution in [1.29, 1.82) is 0 Å². The zero-order chi connectivity index (χ0) is 18.8. The van der Waals surface area contributed by atoms with Gasteiger partial charge in [-0.15, -0.1) is 0 Å². The van der Waals surface area contributed by atoms with E-state index in [9.17, 15) is 5.11 Å². The fraction of sp³-hybridized carbons (Fsp3) is 0.304. The third-order valence-electron chi connectivity index (χ3n) is 5.72. The molecular formula is C23H26NO3+. The maximum absolute atomic E-state index is 10.6. The van der Waals surface area contributed by atoms with Crippen LogP contribution >= 0.6 is 0 Å². The Kier molecular flexibility index (Phi) is 4.90. The Balaban J connectivity index is 1.71. The number of likely N-dealkylation sites (tertiary alicyclic amines) is 1. The lowest BCUT2D eigenvalue weighted by Gasteiger charge is -2.24. The number of methoxy groups -OCH3 is 2. The first-order valence-electron chi connectivity index (χ1n) is 9.47. The molecule has 0 radical (unpaired) electrons. The second-order valence-electron chi connectivity index (χ2n) is 7.17. The van der Waals surface area contributed by atoms with Crippen molar-refractivity contribution in [1.82, 2.24) is 0 Å². The molecule has 2 N–H and O–H groups in total. The molecule has 1 heterocycles. The molecule has 1 unspecified atom stereocenters. The minimum Gasteiger partial charge on any atom is -0.507 e. The summed E-state index contributed by atoms with van der Waals surface area (Å²) in [7, 11) is 3.41. The first-order valence-corrected chi connectivity index (χ1v) is 9.47. The maximum Gasteiger partial charge on any atom is 0.128 e. The average Bonchev–Trinajstić information content (AvgIpc) is 3.17. The van der Waals surface area contributed by atoms with Crippen LogP contribution in [0.15, 0.2) is 54.6 Å². The zero-order valence-corrected chi connectivity index (χ0v) is 15.9. The molecule has 2 atom stereocenters. The molecule has 27 heavy (non-hydrogen) atoms. The van der Waals surface area contributed by atoms with Gasteiger partial charge in [-0.2, -0.15) is 0 Å². The van der Waals surface area contributed by atoms with E-state index in [-0.39, 0.29) is 0 Å². The Morgan fingerprint density at radius 2 is 1.89 bits per heavy atom. The molecule has 0 bridgehead atoms. The SMILES string of the molecule is COc1ccc(OC)c([C@@H]2CCC[NH+]2Cc2c(O)ccc3ccccc23)c1. The number of hydrogen-bond donors (Lipinski definition) is 2. The van der Waals surface area contributed by atoms with E-state index in [1.54, 1.807) is 14.2 Å². The molecule has 3 aromatic rings. The largest absolute Gasteiger partial charge is 0.507 e. The Hall–Kier alpha value is -2.72. The average molecular weight is 364 g/mol. The molecule has 0 aliphatic carbocycles. The zero-order valence-electron chi connectivity index (χ0n) is 15.9. The summed E-state index contributed by atoms with van der Waals surface area (Å²) >= 11 is 0. The summed E-state index contributed by atoms with van der Waals surface area (Å²) in [6.07, 6.45) is 2.26. The highest BCUT2D eigenvalue weighted by atomic mass is 16.5. The van der Waals surface area contributed by atoms with Crippen LogP contribution in [0.3, 0.4) is 0 Å². The number of aromatic hydroxyl groups is 1. The molecule has 4 heteroatoms. The second kappa shape index (κ2) is 7.49. The third-order valence-corrected chi connectivity index (χ3v) is 5.72. The summed E-state index contributed by atoms with van der Waals surface area (Å²) in [6, 6.07) is 18.4. The van der Waals surface area contributed by atoms with Gasteiger partial charge < -0.3 is 19.5 Å². The topological polar surface area (TPSA) is 43.1 Å². The summed E-state index contributed by atoms with van der Waals surface area (Å²) in [5, 5.41) is 12.8. The van der Waals surface area contributed by atoms with Gasteiger partial charge in [-0.05, 0) is 35.0 Å². The molecule has 0 spiro atoms. The number of nitrogens with one attached hydrogen (secondary N) is 1. The number of rotatable bonds is 5. The highest BCUT2D eigenvalue weighted by Crippen LogP contribution is 2.33. The number of ether oxygens (including phenoxy) is 2. The van der Waals surface area contributed by atoms with Crippen molar-refractivity contribution in [3.8, 4) is 17.2 Å². The van der Waals surface area contributed by atoms with Gasteiger partial charge in [0.1, 0.15) is 29.8 Å². The van der Waals surface area contributed by atoms with Crippen molar-refractivity contribution in [2.75, 3.05) is 20.8 Å². The van der Waals surface area contributed by atoms with Crippen molar-refractivity contribution in [2.24, 2.45) is 0 Å². The Morgan fingerprint density at radius 3 is 2.70 bits per heavy atom. The lowest BCUT2D eigenvalue weighted by Crippen LogP contribution is -3.08. The molecule has 1 aliphatic heterocycles. The summed E-state index contributed by atoms with van der Waals surface area (Å²) in [6.45, 7) is 1.87. The monoisotopic (exact) mass is 364 g/mol. The molecule has 1 fully saturated rings. The molecule has 0 saturated carbocycles. The number of benzene rings is 3. The van der Waals surface area contributed by atoms with Gasteiger partial charge in [0.15, 0.2) is 0 Å². The molecule has 4 nitrogen and oxygen atoms in total. The number of phenolic OH excluding ortho intramolecular Hbond substituents is 1. The number of quaternary nitrogens is 1. The van der Waals surface area contributed by atoms with Gasteiger partial charge in [-0.1, -0.05) is 30.3 Å². The predicted molar refractivity (Wildman–Crippen MR) is 107 cm³/mol. The van der Waals surface area contributed by atoms with Gasteiger partial charge in [0.2, 0.25) is 0 Å². The molecule has 1 aliphatic rings. The van der Waals surface area contributed by atoms with Crippen molar-refractivity contribution >= 4 is 10.8 Å². The van der Waals surface area contributed by atoms with Crippen molar-refractivity contribution in [3.05, 3.63) is 65.7 Å². The van der Waals surface area contributed by atoms with Crippen LogP contribution in [-0.2, 0) is 6.54 Å². The van der Waals surface area contributed by atoms with E-state index < -0.39 is 0 Å². The highest BCUT2D eigenvalue weighted by molar-refractivity contribution is 5.87. The standard InChI is InChI=1S/C23H25NO3/c1-26-17-10-12-23(27-2)19(14-17)21-8-5-13-24(21)15-20-18-7-4-3-6-16(18)9-11-22(20)25/h3-4,6-7,9-12,14,21,25H,5,8,13,15H2,1-2H3/p+1/t21-/m0/s1. The van der Waals surface area contributed by atoms with Gasteiger partial charge >= 0.3 is 0 Å². The van der Waals surface area contributed by atoms with E-state index in [0.29, 0.717) is 11.8 Å². The highest BCUT2D eigenvalue weighted by Gasteiger charge is 2.33. The van der Waals surface area contributed by atoms with Crippen molar-refractivity contribution < 1.29 is 19.5 Å². The van der Waals surface area contributed by atoms with Crippen molar-refractivity contribution in [3.63, 3.8) is 0 Å². The first-order chi connectivity index (χ1) is 13.2. The smallest absolute Gasteiger partial charge is 0.128 e. The Labute approximate surface area is 160 Å². The van der Waals surface area contributed by atoms with Gasteiger partial charge in [0.05, 0.1) is 31.9 Å². The number of fused-ring (bicyclic) bond motifs is 1. The van der Waals surface area contributed by atoms with Crippen LogP contribution in [0.1, 0.15) is 30.0 Å². The lowest BCUT2D eigenvalue weighted by atomic mass is 10.00. The molecule has 140 valence electrons. The second-order valence-corrected chi connectivity index (χ2v) is 7.17. The van der Waals surface area contributed by atoms with Gasteiger partial charge in [-0.3, -0.25) is 0 Å².